The van der Waals surface area contributed by atoms with E-state index in [0.717, 1.165) is 12.0 Å². The Balaban J connectivity index is 1.72. The van der Waals surface area contributed by atoms with Crippen molar-refractivity contribution in [2.45, 2.75) is 19.8 Å². The molecule has 0 heterocycles. The Labute approximate surface area is 135 Å². The van der Waals surface area contributed by atoms with Crippen LogP contribution in [0.3, 0.4) is 0 Å². The number of amides is 2. The lowest BCUT2D eigenvalue weighted by molar-refractivity contribution is -0.136. The highest BCUT2D eigenvalue weighted by Crippen LogP contribution is 2.08. The minimum atomic E-state index is -0.790. The summed E-state index contributed by atoms with van der Waals surface area (Å²) in [6.07, 6.45) is 3.10. The lowest BCUT2D eigenvalue weighted by Gasteiger charge is -2.04. The van der Waals surface area contributed by atoms with E-state index in [-0.39, 0.29) is 0 Å². The fourth-order valence-electron chi connectivity index (χ4n) is 1.92. The topological polar surface area (TPSA) is 70.6 Å². The molecular weight excluding hydrogens is 290 g/mol. The Morgan fingerprint density at radius 1 is 1.00 bits per heavy atom. The highest BCUT2D eigenvalue weighted by molar-refractivity contribution is 6.39. The van der Waals surface area contributed by atoms with Crippen molar-refractivity contribution in [2.75, 3.05) is 5.32 Å². The molecule has 118 valence electrons. The number of hydrazone groups is 1. The van der Waals surface area contributed by atoms with E-state index in [1.165, 1.54) is 5.56 Å². The fraction of sp³-hybridized carbons (Fsp3) is 0.167. The molecule has 2 rings (SSSR count). The Morgan fingerprint density at radius 2 is 1.70 bits per heavy atom. The maximum Gasteiger partial charge on any atom is 0.329 e. The molecule has 2 aromatic rings. The molecule has 0 unspecified atom stereocenters. The van der Waals surface area contributed by atoms with E-state index in [1.807, 2.05) is 49.4 Å². The first kappa shape index (κ1) is 16.4. The van der Waals surface area contributed by atoms with E-state index in [0.29, 0.717) is 12.1 Å². The molecule has 2 N–H and O–H groups in total. The molecule has 0 saturated carbocycles. The lowest BCUT2D eigenvalue weighted by Crippen LogP contribution is -2.32. The molecule has 5 nitrogen and oxygen atoms in total. The van der Waals surface area contributed by atoms with Gasteiger partial charge in [-0.25, -0.2) is 5.43 Å². The molecule has 5 heteroatoms. The monoisotopic (exact) mass is 309 g/mol. The largest absolute Gasteiger partial charge is 0.329 e. The van der Waals surface area contributed by atoms with Gasteiger partial charge in [0.25, 0.3) is 0 Å². The number of carbonyl (C=O) groups excluding carboxylic acids is 2. The number of benzene rings is 2. The molecule has 23 heavy (non-hydrogen) atoms. The van der Waals surface area contributed by atoms with Crippen molar-refractivity contribution in [3.8, 4) is 0 Å². The van der Waals surface area contributed by atoms with Crippen LogP contribution in [0.1, 0.15) is 17.5 Å². The van der Waals surface area contributed by atoms with Crippen LogP contribution in [0.25, 0.3) is 0 Å². The summed E-state index contributed by atoms with van der Waals surface area (Å²) in [6.45, 7) is 1.95. The molecule has 0 fully saturated rings. The van der Waals surface area contributed by atoms with Crippen molar-refractivity contribution >= 4 is 23.7 Å². The zero-order valence-electron chi connectivity index (χ0n) is 13.0. The molecule has 0 atom stereocenters. The van der Waals surface area contributed by atoms with E-state index in [9.17, 15) is 9.59 Å². The Hall–Kier alpha value is -2.95. The highest BCUT2D eigenvalue weighted by atomic mass is 16.2. The number of rotatable bonds is 5. The van der Waals surface area contributed by atoms with E-state index in [2.05, 4.69) is 15.8 Å². The Morgan fingerprint density at radius 3 is 2.39 bits per heavy atom. The number of nitrogens with zero attached hydrogens (tertiary/aromatic N) is 1. The van der Waals surface area contributed by atoms with Crippen LogP contribution < -0.4 is 10.7 Å². The molecular formula is C18H19N3O2. The van der Waals surface area contributed by atoms with Crippen LogP contribution in [0.5, 0.6) is 0 Å². The van der Waals surface area contributed by atoms with Crippen LogP contribution in [0.2, 0.25) is 0 Å². The quantitative estimate of drug-likeness (QED) is 0.506. The molecule has 2 amide bonds. The Bertz CT molecular complexity index is 679. The number of carbonyl (C=O) groups is 2. The van der Waals surface area contributed by atoms with Gasteiger partial charge >= 0.3 is 11.8 Å². The third-order valence-corrected chi connectivity index (χ3v) is 3.18. The molecule has 0 spiro atoms. The first-order valence-electron chi connectivity index (χ1n) is 7.38. The van der Waals surface area contributed by atoms with Gasteiger partial charge in [0.1, 0.15) is 0 Å². The predicted octanol–water partition coefficient (Wildman–Crippen LogP) is 2.67. The van der Waals surface area contributed by atoms with Gasteiger partial charge in [-0.05, 0) is 37.5 Å². The summed E-state index contributed by atoms with van der Waals surface area (Å²) < 4.78 is 0. The highest BCUT2D eigenvalue weighted by Gasteiger charge is 2.12. The lowest BCUT2D eigenvalue weighted by atomic mass is 10.1. The van der Waals surface area contributed by atoms with Gasteiger partial charge in [0.15, 0.2) is 0 Å². The van der Waals surface area contributed by atoms with Crippen LogP contribution in [0, 0.1) is 6.92 Å². The third-order valence-electron chi connectivity index (χ3n) is 3.18. The van der Waals surface area contributed by atoms with Crippen molar-refractivity contribution in [1.29, 1.82) is 0 Å². The van der Waals surface area contributed by atoms with E-state index in [4.69, 9.17) is 0 Å². The van der Waals surface area contributed by atoms with Crippen LogP contribution in [-0.4, -0.2) is 18.0 Å². The van der Waals surface area contributed by atoms with Gasteiger partial charge in [-0.3, -0.25) is 9.59 Å². The number of anilines is 1. The SMILES string of the molecule is Cc1ccc(NC(=O)C(=O)N/N=C/CCc2ccccc2)cc1. The van der Waals surface area contributed by atoms with Crippen molar-refractivity contribution in [3.05, 3.63) is 65.7 Å². The molecule has 2 aromatic carbocycles. The summed E-state index contributed by atoms with van der Waals surface area (Å²) in [5.41, 5.74) is 5.07. The molecule has 0 aliphatic rings. The van der Waals surface area contributed by atoms with Crippen molar-refractivity contribution in [2.24, 2.45) is 5.10 Å². The minimum absolute atomic E-state index is 0.573. The molecule has 0 bridgehead atoms. The number of hydrogen-bond acceptors (Lipinski definition) is 3. The second-order valence-electron chi connectivity index (χ2n) is 5.10. The van der Waals surface area contributed by atoms with Crippen molar-refractivity contribution in [3.63, 3.8) is 0 Å². The van der Waals surface area contributed by atoms with E-state index < -0.39 is 11.8 Å². The second kappa shape index (κ2) is 8.48. The van der Waals surface area contributed by atoms with Crippen molar-refractivity contribution < 1.29 is 9.59 Å². The summed E-state index contributed by atoms with van der Waals surface area (Å²) in [4.78, 5) is 23.3. The fourth-order valence-corrected chi connectivity index (χ4v) is 1.92. The van der Waals surface area contributed by atoms with Gasteiger partial charge in [0.05, 0.1) is 0 Å². The number of aryl methyl sites for hydroxylation is 2. The molecule has 0 aliphatic carbocycles. The van der Waals surface area contributed by atoms with Gasteiger partial charge < -0.3 is 5.32 Å². The number of hydrogen-bond donors (Lipinski definition) is 2. The standard InChI is InChI=1S/C18H19N3O2/c1-14-9-11-16(12-10-14)20-17(22)18(23)21-19-13-5-8-15-6-3-2-4-7-15/h2-4,6-7,9-13H,5,8H2,1H3,(H,20,22)(H,21,23)/b19-13+. The number of nitrogens with one attached hydrogen (secondary N) is 2. The van der Waals surface area contributed by atoms with E-state index >= 15 is 0 Å². The van der Waals surface area contributed by atoms with Gasteiger partial charge in [-0.1, -0.05) is 48.0 Å². The smallest absolute Gasteiger partial charge is 0.318 e. The molecule has 0 saturated heterocycles. The first-order chi connectivity index (χ1) is 11.1. The zero-order valence-corrected chi connectivity index (χ0v) is 13.0. The normalized spacial score (nSPS) is 10.5. The van der Waals surface area contributed by atoms with Crippen LogP contribution in [0.15, 0.2) is 59.7 Å². The maximum atomic E-state index is 11.7. The summed E-state index contributed by atoms with van der Waals surface area (Å²) in [5.74, 6) is -1.53. The Kier molecular flexibility index (Phi) is 6.06. The average molecular weight is 309 g/mol. The van der Waals surface area contributed by atoms with Crippen LogP contribution in [0.4, 0.5) is 5.69 Å². The summed E-state index contributed by atoms with van der Waals surface area (Å²) in [6, 6.07) is 17.2. The molecule has 0 aromatic heterocycles. The van der Waals surface area contributed by atoms with Gasteiger partial charge in [-0.2, -0.15) is 5.10 Å². The molecule has 0 radical (unpaired) electrons. The first-order valence-corrected chi connectivity index (χ1v) is 7.38. The molecule has 0 aliphatic heterocycles. The zero-order chi connectivity index (χ0) is 16.5. The average Bonchev–Trinajstić information content (AvgIpc) is 2.57. The minimum Gasteiger partial charge on any atom is -0.318 e. The summed E-state index contributed by atoms with van der Waals surface area (Å²) in [7, 11) is 0. The summed E-state index contributed by atoms with van der Waals surface area (Å²) in [5, 5.41) is 6.29. The van der Waals surface area contributed by atoms with Gasteiger partial charge in [0.2, 0.25) is 0 Å². The maximum absolute atomic E-state index is 11.7. The van der Waals surface area contributed by atoms with Crippen LogP contribution >= 0.6 is 0 Å². The van der Waals surface area contributed by atoms with Gasteiger partial charge in [-0.15, -0.1) is 0 Å². The summed E-state index contributed by atoms with van der Waals surface area (Å²) >= 11 is 0. The van der Waals surface area contributed by atoms with Gasteiger partial charge in [0, 0.05) is 11.9 Å². The van der Waals surface area contributed by atoms with E-state index in [1.54, 1.807) is 18.3 Å². The van der Waals surface area contributed by atoms with Crippen LogP contribution in [-0.2, 0) is 16.0 Å². The second-order valence-corrected chi connectivity index (χ2v) is 5.10. The van der Waals surface area contributed by atoms with Crippen molar-refractivity contribution in [1.82, 2.24) is 5.43 Å². The third kappa shape index (κ3) is 5.74. The predicted molar refractivity (Wildman–Crippen MR) is 91.2 cm³/mol.